The maximum atomic E-state index is 9.28. The number of rotatable bonds is 4. The van der Waals surface area contributed by atoms with Crippen LogP contribution in [0.1, 0.15) is 25.1 Å². The van der Waals surface area contributed by atoms with E-state index in [-0.39, 0.29) is 12.5 Å². The maximum absolute atomic E-state index is 9.28. The first-order valence-corrected chi connectivity index (χ1v) is 6.32. The van der Waals surface area contributed by atoms with Crippen LogP contribution in [0, 0.1) is 0 Å². The summed E-state index contributed by atoms with van der Waals surface area (Å²) in [5.41, 5.74) is 1.85. The van der Waals surface area contributed by atoms with Crippen molar-refractivity contribution in [3.8, 4) is 11.3 Å². The van der Waals surface area contributed by atoms with Crippen LogP contribution in [0.2, 0.25) is 5.02 Å². The lowest BCUT2D eigenvalue weighted by Crippen LogP contribution is -2.08. The maximum Gasteiger partial charge on any atom is 0.134 e. The summed E-state index contributed by atoms with van der Waals surface area (Å²) in [5, 5.41) is 9.98. The second-order valence-corrected chi connectivity index (χ2v) is 4.53. The van der Waals surface area contributed by atoms with E-state index < -0.39 is 0 Å². The predicted octanol–water partition coefficient (Wildman–Crippen LogP) is 3.28. The highest BCUT2D eigenvalue weighted by molar-refractivity contribution is 6.30. The van der Waals surface area contributed by atoms with Gasteiger partial charge in [-0.05, 0) is 24.6 Å². The highest BCUT2D eigenvalue weighted by Gasteiger charge is 2.12. The fourth-order valence-electron chi connectivity index (χ4n) is 1.75. The molecule has 1 aromatic carbocycles. The molecule has 2 aromatic rings. The molecule has 0 amide bonds. The third-order valence-corrected chi connectivity index (χ3v) is 3.14. The Morgan fingerprint density at radius 3 is 2.56 bits per heavy atom. The Morgan fingerprint density at radius 1 is 1.22 bits per heavy atom. The number of aliphatic hydroxyl groups excluding tert-OH is 1. The average Bonchev–Trinajstić information content (AvgIpc) is 2.41. The highest BCUT2D eigenvalue weighted by Crippen LogP contribution is 2.21. The number of nitrogens with zero attached hydrogens (tertiary/aromatic N) is 2. The average molecular weight is 263 g/mol. The van der Waals surface area contributed by atoms with E-state index in [0.717, 1.165) is 17.7 Å². The van der Waals surface area contributed by atoms with Gasteiger partial charge in [0, 0.05) is 22.7 Å². The van der Waals surface area contributed by atoms with E-state index in [1.165, 1.54) is 0 Å². The lowest BCUT2D eigenvalue weighted by molar-refractivity contribution is 0.257. The van der Waals surface area contributed by atoms with Crippen molar-refractivity contribution in [2.75, 3.05) is 6.61 Å². The van der Waals surface area contributed by atoms with Gasteiger partial charge < -0.3 is 5.11 Å². The molecule has 0 saturated carbocycles. The van der Waals surface area contributed by atoms with Crippen LogP contribution >= 0.6 is 11.6 Å². The Kier molecular flexibility index (Phi) is 4.28. The summed E-state index contributed by atoms with van der Waals surface area (Å²) >= 11 is 5.86. The molecule has 3 nitrogen and oxygen atoms in total. The van der Waals surface area contributed by atoms with Crippen molar-refractivity contribution in [2.45, 2.75) is 19.3 Å². The highest BCUT2D eigenvalue weighted by atomic mass is 35.5. The van der Waals surface area contributed by atoms with E-state index in [0.29, 0.717) is 10.8 Å². The first kappa shape index (κ1) is 13.0. The van der Waals surface area contributed by atoms with Crippen molar-refractivity contribution < 1.29 is 5.11 Å². The standard InChI is InChI=1S/C14H15ClN2O/c1-2-10(9-18)14-16-8-7-13(17-14)11-3-5-12(15)6-4-11/h3-8,10,18H,2,9H2,1H3. The quantitative estimate of drug-likeness (QED) is 0.920. The Hall–Kier alpha value is -1.45. The van der Waals surface area contributed by atoms with Gasteiger partial charge in [-0.1, -0.05) is 30.7 Å². The van der Waals surface area contributed by atoms with E-state index in [2.05, 4.69) is 9.97 Å². The molecule has 1 aromatic heterocycles. The lowest BCUT2D eigenvalue weighted by atomic mass is 10.1. The molecule has 0 aliphatic carbocycles. The van der Waals surface area contributed by atoms with Gasteiger partial charge in [0.25, 0.3) is 0 Å². The molecule has 94 valence electrons. The number of aliphatic hydroxyl groups is 1. The molecular formula is C14H15ClN2O. The van der Waals surface area contributed by atoms with Crippen molar-refractivity contribution in [3.05, 3.63) is 47.4 Å². The van der Waals surface area contributed by atoms with Crippen LogP contribution in [-0.4, -0.2) is 21.7 Å². The van der Waals surface area contributed by atoms with Crippen LogP contribution < -0.4 is 0 Å². The van der Waals surface area contributed by atoms with Gasteiger partial charge in [-0.15, -0.1) is 0 Å². The normalized spacial score (nSPS) is 12.4. The molecular weight excluding hydrogens is 248 g/mol. The van der Waals surface area contributed by atoms with Gasteiger partial charge in [-0.25, -0.2) is 9.97 Å². The number of hydrogen-bond acceptors (Lipinski definition) is 3. The molecule has 18 heavy (non-hydrogen) atoms. The second kappa shape index (κ2) is 5.94. The molecule has 2 rings (SSSR count). The second-order valence-electron chi connectivity index (χ2n) is 4.09. The SMILES string of the molecule is CCC(CO)c1nccc(-c2ccc(Cl)cc2)n1. The zero-order valence-corrected chi connectivity index (χ0v) is 10.9. The molecule has 1 atom stereocenters. The minimum absolute atomic E-state index is 0.00255. The molecule has 0 saturated heterocycles. The van der Waals surface area contributed by atoms with Crippen LogP contribution in [0.5, 0.6) is 0 Å². The summed E-state index contributed by atoms with van der Waals surface area (Å²) in [5.74, 6) is 0.685. The van der Waals surface area contributed by atoms with Gasteiger partial charge in [0.1, 0.15) is 5.82 Å². The Morgan fingerprint density at radius 2 is 1.94 bits per heavy atom. The van der Waals surface area contributed by atoms with Crippen LogP contribution in [0.15, 0.2) is 36.5 Å². The largest absolute Gasteiger partial charge is 0.396 e. The van der Waals surface area contributed by atoms with E-state index in [4.69, 9.17) is 11.6 Å². The molecule has 0 radical (unpaired) electrons. The molecule has 0 fully saturated rings. The van der Waals surface area contributed by atoms with Crippen molar-refractivity contribution in [3.63, 3.8) is 0 Å². The number of aromatic nitrogens is 2. The fourth-order valence-corrected chi connectivity index (χ4v) is 1.87. The Bertz CT molecular complexity index is 509. The van der Waals surface area contributed by atoms with Crippen LogP contribution in [0.4, 0.5) is 0 Å². The summed E-state index contributed by atoms with van der Waals surface area (Å²) in [6.07, 6.45) is 2.55. The Labute approximate surface area is 111 Å². The van der Waals surface area contributed by atoms with Gasteiger partial charge >= 0.3 is 0 Å². The zero-order chi connectivity index (χ0) is 13.0. The van der Waals surface area contributed by atoms with Crippen molar-refractivity contribution in [1.82, 2.24) is 9.97 Å². The molecule has 1 unspecified atom stereocenters. The molecule has 0 bridgehead atoms. The number of benzene rings is 1. The first-order chi connectivity index (χ1) is 8.74. The fraction of sp³-hybridized carbons (Fsp3) is 0.286. The monoisotopic (exact) mass is 262 g/mol. The smallest absolute Gasteiger partial charge is 0.134 e. The summed E-state index contributed by atoms with van der Waals surface area (Å²) in [6, 6.07) is 9.38. The summed E-state index contributed by atoms with van der Waals surface area (Å²) in [7, 11) is 0. The van der Waals surface area contributed by atoms with E-state index in [1.54, 1.807) is 6.20 Å². The summed E-state index contributed by atoms with van der Waals surface area (Å²) < 4.78 is 0. The van der Waals surface area contributed by atoms with Crippen LogP contribution in [0.25, 0.3) is 11.3 Å². The third-order valence-electron chi connectivity index (χ3n) is 2.89. The van der Waals surface area contributed by atoms with Crippen LogP contribution in [0.3, 0.4) is 0 Å². The third kappa shape index (κ3) is 2.86. The van der Waals surface area contributed by atoms with E-state index in [1.807, 2.05) is 37.3 Å². The zero-order valence-electron chi connectivity index (χ0n) is 10.2. The van der Waals surface area contributed by atoms with E-state index in [9.17, 15) is 5.11 Å². The van der Waals surface area contributed by atoms with Gasteiger partial charge in [-0.3, -0.25) is 0 Å². The molecule has 0 aliphatic heterocycles. The Balaban J connectivity index is 2.34. The van der Waals surface area contributed by atoms with Crippen LogP contribution in [-0.2, 0) is 0 Å². The van der Waals surface area contributed by atoms with Gasteiger partial charge in [0.05, 0.1) is 12.3 Å². The molecule has 0 spiro atoms. The van der Waals surface area contributed by atoms with Gasteiger partial charge in [-0.2, -0.15) is 0 Å². The number of halogens is 1. The van der Waals surface area contributed by atoms with Gasteiger partial charge in [0.2, 0.25) is 0 Å². The minimum atomic E-state index is -0.00255. The molecule has 1 N–H and O–H groups in total. The summed E-state index contributed by atoms with van der Waals surface area (Å²) in [6.45, 7) is 2.08. The number of hydrogen-bond donors (Lipinski definition) is 1. The molecule has 0 aliphatic rings. The topological polar surface area (TPSA) is 46.0 Å². The first-order valence-electron chi connectivity index (χ1n) is 5.94. The lowest BCUT2D eigenvalue weighted by Gasteiger charge is -2.11. The van der Waals surface area contributed by atoms with Crippen molar-refractivity contribution in [2.24, 2.45) is 0 Å². The molecule has 4 heteroatoms. The minimum Gasteiger partial charge on any atom is -0.396 e. The van der Waals surface area contributed by atoms with Crippen molar-refractivity contribution in [1.29, 1.82) is 0 Å². The summed E-state index contributed by atoms with van der Waals surface area (Å²) in [4.78, 5) is 8.73. The predicted molar refractivity (Wildman–Crippen MR) is 72.6 cm³/mol. The van der Waals surface area contributed by atoms with E-state index >= 15 is 0 Å². The van der Waals surface area contributed by atoms with Crippen molar-refractivity contribution >= 4 is 11.6 Å². The molecule has 1 heterocycles. The van der Waals surface area contributed by atoms with Gasteiger partial charge in [0.15, 0.2) is 0 Å².